The second kappa shape index (κ2) is 4.58. The third-order valence-corrected chi connectivity index (χ3v) is 4.16. The number of aliphatic hydroxyl groups is 1. The van der Waals surface area contributed by atoms with Gasteiger partial charge in [0.25, 0.3) is 0 Å². The van der Waals surface area contributed by atoms with E-state index < -0.39 is 0 Å². The predicted molar refractivity (Wildman–Crippen MR) is 73.5 cm³/mol. The van der Waals surface area contributed by atoms with Crippen LogP contribution in [0.3, 0.4) is 0 Å². The highest BCUT2D eigenvalue weighted by Gasteiger charge is 2.55. The Bertz CT molecular complexity index is 464. The van der Waals surface area contributed by atoms with Crippen LogP contribution >= 0.6 is 0 Å². The van der Waals surface area contributed by atoms with Crippen molar-refractivity contribution >= 4 is 0 Å². The molecular formula is C17H18O. The minimum Gasteiger partial charge on any atom is -0.396 e. The molecule has 1 heteroatoms. The Balaban J connectivity index is 2.02. The summed E-state index contributed by atoms with van der Waals surface area (Å²) in [5.74, 6) is 0.576. The molecule has 2 aromatic rings. The van der Waals surface area contributed by atoms with Crippen molar-refractivity contribution < 1.29 is 5.11 Å². The predicted octanol–water partition coefficient (Wildman–Crippen LogP) is 3.38. The van der Waals surface area contributed by atoms with Crippen LogP contribution in [0.1, 0.15) is 24.0 Å². The lowest BCUT2D eigenvalue weighted by Gasteiger charge is -2.18. The maximum atomic E-state index is 9.20. The van der Waals surface area contributed by atoms with Gasteiger partial charge in [-0.3, -0.25) is 0 Å². The SMILES string of the molecule is OCC[C@H]1CC1(c1ccccc1)c1ccccc1. The molecule has 92 valence electrons. The van der Waals surface area contributed by atoms with Gasteiger partial charge in [-0.1, -0.05) is 60.7 Å². The quantitative estimate of drug-likeness (QED) is 0.865. The molecule has 1 fully saturated rings. The minimum atomic E-state index is 0.144. The maximum Gasteiger partial charge on any atom is 0.0434 e. The van der Waals surface area contributed by atoms with E-state index >= 15 is 0 Å². The highest BCUT2D eigenvalue weighted by Crippen LogP contribution is 2.60. The third-order valence-electron chi connectivity index (χ3n) is 4.16. The molecule has 0 radical (unpaired) electrons. The summed E-state index contributed by atoms with van der Waals surface area (Å²) < 4.78 is 0. The largest absolute Gasteiger partial charge is 0.396 e. The standard InChI is InChI=1S/C17H18O/c18-12-11-16-13-17(16,14-7-3-1-4-8-14)15-9-5-2-6-10-15/h1-10,16,18H,11-13H2/t16-/m0/s1. The first kappa shape index (κ1) is 11.5. The van der Waals surface area contributed by atoms with Crippen LogP contribution in [0.4, 0.5) is 0 Å². The summed E-state index contributed by atoms with van der Waals surface area (Å²) >= 11 is 0. The first-order valence-corrected chi connectivity index (χ1v) is 6.60. The number of hydrogen-bond donors (Lipinski definition) is 1. The molecule has 0 heterocycles. The van der Waals surface area contributed by atoms with Crippen molar-refractivity contribution in [1.29, 1.82) is 0 Å². The summed E-state index contributed by atoms with van der Waals surface area (Å²) in [5.41, 5.74) is 2.91. The molecule has 1 aliphatic rings. The van der Waals surface area contributed by atoms with E-state index in [9.17, 15) is 5.11 Å². The lowest BCUT2D eigenvalue weighted by molar-refractivity contribution is 0.276. The zero-order valence-corrected chi connectivity index (χ0v) is 10.4. The van der Waals surface area contributed by atoms with Crippen LogP contribution in [0.2, 0.25) is 0 Å². The molecule has 0 amide bonds. The fraction of sp³-hybridized carbons (Fsp3) is 0.294. The van der Waals surface area contributed by atoms with Gasteiger partial charge in [-0.2, -0.15) is 0 Å². The van der Waals surface area contributed by atoms with Crippen molar-refractivity contribution in [3.05, 3.63) is 71.8 Å². The van der Waals surface area contributed by atoms with Crippen molar-refractivity contribution in [1.82, 2.24) is 0 Å². The van der Waals surface area contributed by atoms with Gasteiger partial charge in [0.15, 0.2) is 0 Å². The van der Waals surface area contributed by atoms with Crippen molar-refractivity contribution in [3.8, 4) is 0 Å². The Labute approximate surface area is 108 Å². The normalized spacial score (nSPS) is 20.6. The van der Waals surface area contributed by atoms with Gasteiger partial charge in [-0.05, 0) is 29.9 Å². The number of hydrogen-bond acceptors (Lipinski definition) is 1. The average Bonchev–Trinajstić information content (AvgIpc) is 3.17. The van der Waals surface area contributed by atoms with E-state index in [1.54, 1.807) is 0 Å². The summed E-state index contributed by atoms with van der Waals surface area (Å²) in [6.45, 7) is 0.284. The van der Waals surface area contributed by atoms with E-state index in [0.717, 1.165) is 12.8 Å². The van der Waals surface area contributed by atoms with Gasteiger partial charge in [-0.15, -0.1) is 0 Å². The molecule has 18 heavy (non-hydrogen) atoms. The smallest absolute Gasteiger partial charge is 0.0434 e. The molecule has 2 aromatic carbocycles. The Hall–Kier alpha value is -1.60. The highest BCUT2D eigenvalue weighted by molar-refractivity contribution is 5.46. The molecule has 1 atom stereocenters. The van der Waals surface area contributed by atoms with E-state index in [1.807, 2.05) is 0 Å². The molecular weight excluding hydrogens is 220 g/mol. The summed E-state index contributed by atoms with van der Waals surface area (Å²) in [6.07, 6.45) is 2.05. The molecule has 1 nitrogen and oxygen atoms in total. The van der Waals surface area contributed by atoms with Crippen LogP contribution in [-0.4, -0.2) is 11.7 Å². The molecule has 1 saturated carbocycles. The van der Waals surface area contributed by atoms with Gasteiger partial charge in [0.2, 0.25) is 0 Å². The van der Waals surface area contributed by atoms with E-state index in [4.69, 9.17) is 0 Å². The van der Waals surface area contributed by atoms with Crippen molar-refractivity contribution in [2.45, 2.75) is 18.3 Å². The zero-order chi connectivity index (χ0) is 12.4. The molecule has 0 spiro atoms. The number of aliphatic hydroxyl groups excluding tert-OH is 1. The van der Waals surface area contributed by atoms with Gasteiger partial charge >= 0.3 is 0 Å². The summed E-state index contributed by atoms with van der Waals surface area (Å²) in [6, 6.07) is 21.4. The molecule has 0 unspecified atom stereocenters. The monoisotopic (exact) mass is 238 g/mol. The second-order valence-electron chi connectivity index (χ2n) is 5.12. The van der Waals surface area contributed by atoms with Crippen LogP contribution < -0.4 is 0 Å². The van der Waals surface area contributed by atoms with Crippen LogP contribution in [0.15, 0.2) is 60.7 Å². The van der Waals surface area contributed by atoms with Crippen LogP contribution in [0.25, 0.3) is 0 Å². The van der Waals surface area contributed by atoms with E-state index in [0.29, 0.717) is 5.92 Å². The Kier molecular flexibility index (Phi) is 2.92. The van der Waals surface area contributed by atoms with Crippen molar-refractivity contribution in [2.75, 3.05) is 6.61 Å². The molecule has 1 aliphatic carbocycles. The number of rotatable bonds is 4. The first-order chi connectivity index (χ1) is 8.88. The summed E-state index contributed by atoms with van der Waals surface area (Å²) in [4.78, 5) is 0. The lowest BCUT2D eigenvalue weighted by atomic mass is 9.85. The molecule has 0 aliphatic heterocycles. The van der Waals surface area contributed by atoms with Crippen LogP contribution in [0.5, 0.6) is 0 Å². The average molecular weight is 238 g/mol. The van der Waals surface area contributed by atoms with Gasteiger partial charge in [0, 0.05) is 12.0 Å². The van der Waals surface area contributed by atoms with Gasteiger partial charge in [0.05, 0.1) is 0 Å². The fourth-order valence-electron chi connectivity index (χ4n) is 3.18. The zero-order valence-electron chi connectivity index (χ0n) is 10.4. The summed E-state index contributed by atoms with van der Waals surface area (Å²) in [5, 5.41) is 9.20. The van der Waals surface area contributed by atoms with Crippen molar-refractivity contribution in [2.24, 2.45) is 5.92 Å². The van der Waals surface area contributed by atoms with Gasteiger partial charge in [-0.25, -0.2) is 0 Å². The van der Waals surface area contributed by atoms with Crippen LogP contribution in [0, 0.1) is 5.92 Å². The van der Waals surface area contributed by atoms with E-state index in [-0.39, 0.29) is 12.0 Å². The van der Waals surface area contributed by atoms with Gasteiger partial charge < -0.3 is 5.11 Å². The molecule has 0 bridgehead atoms. The Morgan fingerprint density at radius 2 is 1.39 bits per heavy atom. The fourth-order valence-corrected chi connectivity index (χ4v) is 3.18. The lowest BCUT2D eigenvalue weighted by Crippen LogP contribution is -2.12. The third kappa shape index (κ3) is 1.75. The molecule has 0 saturated heterocycles. The van der Waals surface area contributed by atoms with E-state index in [2.05, 4.69) is 60.7 Å². The molecule has 1 N–H and O–H groups in total. The minimum absolute atomic E-state index is 0.144. The Morgan fingerprint density at radius 3 is 1.83 bits per heavy atom. The highest BCUT2D eigenvalue weighted by atomic mass is 16.3. The van der Waals surface area contributed by atoms with Gasteiger partial charge in [0.1, 0.15) is 0 Å². The molecule has 0 aromatic heterocycles. The molecule has 3 rings (SSSR count). The topological polar surface area (TPSA) is 20.2 Å². The Morgan fingerprint density at radius 1 is 0.889 bits per heavy atom. The maximum absolute atomic E-state index is 9.20. The summed E-state index contributed by atoms with van der Waals surface area (Å²) in [7, 11) is 0. The van der Waals surface area contributed by atoms with E-state index in [1.165, 1.54) is 11.1 Å². The van der Waals surface area contributed by atoms with Crippen LogP contribution in [-0.2, 0) is 5.41 Å². The first-order valence-electron chi connectivity index (χ1n) is 6.60. The number of benzene rings is 2. The second-order valence-corrected chi connectivity index (χ2v) is 5.12. The van der Waals surface area contributed by atoms with Crippen molar-refractivity contribution in [3.63, 3.8) is 0 Å².